The molecule has 0 saturated carbocycles. The van der Waals surface area contributed by atoms with Gasteiger partial charge < -0.3 is 5.32 Å². The molecule has 2 aromatic carbocycles. The van der Waals surface area contributed by atoms with Gasteiger partial charge in [0, 0.05) is 29.0 Å². The first-order chi connectivity index (χ1) is 12.8. The Morgan fingerprint density at radius 2 is 1.74 bits per heavy atom. The van der Waals surface area contributed by atoms with E-state index in [0.717, 1.165) is 12.1 Å². The zero-order valence-corrected chi connectivity index (χ0v) is 15.2. The van der Waals surface area contributed by atoms with Crippen molar-refractivity contribution in [3.8, 4) is 0 Å². The number of hydrogen-bond acceptors (Lipinski definition) is 5. The van der Waals surface area contributed by atoms with Gasteiger partial charge in [0.1, 0.15) is 0 Å². The van der Waals surface area contributed by atoms with E-state index in [-0.39, 0.29) is 17.9 Å². The number of halogens is 3. The van der Waals surface area contributed by atoms with Gasteiger partial charge >= 0.3 is 0 Å². The second-order valence-corrected chi connectivity index (χ2v) is 8.06. The Morgan fingerprint density at radius 1 is 1.07 bits per heavy atom. The minimum atomic E-state index is -3.99. The van der Waals surface area contributed by atoms with Crippen molar-refractivity contribution in [3.63, 3.8) is 0 Å². The van der Waals surface area contributed by atoms with Crippen LogP contribution in [0.5, 0.6) is 0 Å². The zero-order valence-electron chi connectivity index (χ0n) is 13.7. The summed E-state index contributed by atoms with van der Waals surface area (Å²) in [6.45, 7) is 0.0295. The summed E-state index contributed by atoms with van der Waals surface area (Å²) in [6, 6.07) is 8.88. The summed E-state index contributed by atoms with van der Waals surface area (Å²) in [5.74, 6) is -3.85. The highest BCUT2D eigenvalue weighted by atomic mass is 35.5. The van der Waals surface area contributed by atoms with Crippen LogP contribution in [-0.2, 0) is 14.8 Å². The predicted octanol–water partition coefficient (Wildman–Crippen LogP) is 2.05. The molecule has 1 amide bonds. The molecule has 1 heterocycles. The molecule has 0 spiro atoms. The Morgan fingerprint density at radius 3 is 2.41 bits per heavy atom. The Balaban J connectivity index is 1.74. The van der Waals surface area contributed by atoms with E-state index < -0.39 is 38.9 Å². The zero-order chi connectivity index (χ0) is 19.6. The van der Waals surface area contributed by atoms with Crippen LogP contribution in [0.4, 0.5) is 20.2 Å². The first kappa shape index (κ1) is 19.5. The third-order valence-corrected chi connectivity index (χ3v) is 5.78. The van der Waals surface area contributed by atoms with Crippen LogP contribution >= 0.6 is 11.6 Å². The maximum atomic E-state index is 13.3. The first-order valence-electron chi connectivity index (χ1n) is 7.78. The molecular formula is C16H15ClF2N4O3S. The molecule has 1 fully saturated rings. The SMILES string of the molecule is O=C(Nc1ccc(F)c(F)c1)C1CNNC1S(=O)(=O)Nc1ccc(Cl)cc1. The average Bonchev–Trinajstić information content (AvgIpc) is 3.11. The first-order valence-corrected chi connectivity index (χ1v) is 9.70. The van der Waals surface area contributed by atoms with Crippen LogP contribution in [0.3, 0.4) is 0 Å². The maximum Gasteiger partial charge on any atom is 0.250 e. The lowest BCUT2D eigenvalue weighted by Gasteiger charge is -2.19. The van der Waals surface area contributed by atoms with E-state index in [9.17, 15) is 22.0 Å². The van der Waals surface area contributed by atoms with Crippen LogP contribution in [0, 0.1) is 17.6 Å². The molecule has 1 aliphatic heterocycles. The van der Waals surface area contributed by atoms with Crippen molar-refractivity contribution < 1.29 is 22.0 Å². The fourth-order valence-corrected chi connectivity index (χ4v) is 4.16. The minimum Gasteiger partial charge on any atom is -0.326 e. The molecule has 7 nitrogen and oxygen atoms in total. The van der Waals surface area contributed by atoms with E-state index in [1.54, 1.807) is 0 Å². The molecular weight excluding hydrogens is 402 g/mol. The monoisotopic (exact) mass is 416 g/mol. The molecule has 1 saturated heterocycles. The van der Waals surface area contributed by atoms with Gasteiger partial charge in [0.25, 0.3) is 10.0 Å². The van der Waals surface area contributed by atoms with Crippen LogP contribution in [0.25, 0.3) is 0 Å². The molecule has 2 unspecified atom stereocenters. The van der Waals surface area contributed by atoms with Crippen LogP contribution in [0.2, 0.25) is 5.02 Å². The lowest BCUT2D eigenvalue weighted by atomic mass is 10.1. The Hall–Kier alpha value is -2.27. The Bertz CT molecular complexity index is 957. The van der Waals surface area contributed by atoms with Crippen molar-refractivity contribution in [2.75, 3.05) is 16.6 Å². The van der Waals surface area contributed by atoms with Crippen molar-refractivity contribution in [3.05, 3.63) is 59.1 Å². The number of sulfonamides is 1. The van der Waals surface area contributed by atoms with E-state index in [4.69, 9.17) is 11.6 Å². The standard InChI is InChI=1S/C16H15ClF2N4O3S/c17-9-1-3-10(4-2-9)23-27(25,26)16-12(8-20-22-16)15(24)21-11-5-6-13(18)14(19)7-11/h1-7,12,16,20,22-23H,8H2,(H,21,24). The van der Waals surface area contributed by atoms with Crippen LogP contribution in [0.1, 0.15) is 0 Å². The molecule has 1 aliphatic rings. The van der Waals surface area contributed by atoms with Crippen LogP contribution in [-0.4, -0.2) is 26.2 Å². The number of carbonyl (C=O) groups is 1. The van der Waals surface area contributed by atoms with Gasteiger partial charge in [-0.15, -0.1) is 0 Å². The molecule has 27 heavy (non-hydrogen) atoms. The van der Waals surface area contributed by atoms with Crippen LogP contribution < -0.4 is 20.9 Å². The quantitative estimate of drug-likeness (QED) is 0.598. The number of carbonyl (C=O) groups excluding carboxylic acids is 1. The predicted molar refractivity (Wildman–Crippen MR) is 97.4 cm³/mol. The molecule has 0 radical (unpaired) electrons. The number of anilines is 2. The van der Waals surface area contributed by atoms with Crippen molar-refractivity contribution in [2.45, 2.75) is 5.37 Å². The number of nitrogens with one attached hydrogen (secondary N) is 4. The van der Waals surface area contributed by atoms with E-state index in [1.807, 2.05) is 0 Å². The van der Waals surface area contributed by atoms with Crippen molar-refractivity contribution in [2.24, 2.45) is 5.92 Å². The van der Waals surface area contributed by atoms with Crippen LogP contribution in [0.15, 0.2) is 42.5 Å². The van der Waals surface area contributed by atoms with E-state index in [2.05, 4.69) is 20.9 Å². The van der Waals surface area contributed by atoms with Crippen molar-refractivity contribution in [1.29, 1.82) is 0 Å². The minimum absolute atomic E-state index is 0.0209. The molecule has 144 valence electrons. The third kappa shape index (κ3) is 4.53. The van der Waals surface area contributed by atoms with Gasteiger partial charge in [0.2, 0.25) is 5.91 Å². The summed E-state index contributed by atoms with van der Waals surface area (Å²) < 4.78 is 53.9. The topological polar surface area (TPSA) is 99.3 Å². The molecule has 2 aromatic rings. The highest BCUT2D eigenvalue weighted by molar-refractivity contribution is 7.93. The number of amides is 1. The van der Waals surface area contributed by atoms with Crippen molar-refractivity contribution >= 4 is 38.9 Å². The Labute approximate surface area is 159 Å². The van der Waals surface area contributed by atoms with Gasteiger partial charge in [-0.05, 0) is 36.4 Å². The fraction of sp³-hybridized carbons (Fsp3) is 0.188. The van der Waals surface area contributed by atoms with Gasteiger partial charge in [-0.1, -0.05) is 11.6 Å². The lowest BCUT2D eigenvalue weighted by Crippen LogP contribution is -2.45. The lowest BCUT2D eigenvalue weighted by molar-refractivity contribution is -0.119. The molecule has 0 bridgehead atoms. The summed E-state index contributed by atoms with van der Waals surface area (Å²) in [6.07, 6.45) is 0. The smallest absolute Gasteiger partial charge is 0.250 e. The third-order valence-electron chi connectivity index (χ3n) is 3.89. The molecule has 11 heteroatoms. The van der Waals surface area contributed by atoms with E-state index in [0.29, 0.717) is 5.02 Å². The number of benzene rings is 2. The summed E-state index contributed by atoms with van der Waals surface area (Å²) in [5, 5.41) is 1.56. The van der Waals surface area contributed by atoms with E-state index in [1.165, 1.54) is 30.3 Å². The normalized spacial score (nSPS) is 19.7. The average molecular weight is 417 g/mol. The summed E-state index contributed by atoms with van der Waals surface area (Å²) in [7, 11) is -3.99. The number of hydrogen-bond donors (Lipinski definition) is 4. The largest absolute Gasteiger partial charge is 0.326 e. The molecule has 3 rings (SSSR count). The molecule has 4 N–H and O–H groups in total. The summed E-state index contributed by atoms with van der Waals surface area (Å²) in [4.78, 5) is 12.4. The van der Waals surface area contributed by atoms with Gasteiger partial charge in [0.05, 0.1) is 5.92 Å². The van der Waals surface area contributed by atoms with Gasteiger partial charge in [-0.25, -0.2) is 22.6 Å². The highest BCUT2D eigenvalue weighted by Gasteiger charge is 2.42. The second kappa shape index (κ2) is 7.77. The van der Waals surface area contributed by atoms with Gasteiger partial charge in [-0.2, -0.15) is 0 Å². The number of hydrazine groups is 1. The molecule has 0 aromatic heterocycles. The highest BCUT2D eigenvalue weighted by Crippen LogP contribution is 2.21. The van der Waals surface area contributed by atoms with Gasteiger partial charge in [0.15, 0.2) is 17.0 Å². The maximum absolute atomic E-state index is 13.3. The summed E-state index contributed by atoms with van der Waals surface area (Å²) in [5.41, 5.74) is 5.48. The number of rotatable bonds is 5. The van der Waals surface area contributed by atoms with Gasteiger partial charge in [-0.3, -0.25) is 14.9 Å². The molecule has 0 aliphatic carbocycles. The van der Waals surface area contributed by atoms with Crippen molar-refractivity contribution in [1.82, 2.24) is 10.9 Å². The fourth-order valence-electron chi connectivity index (χ4n) is 2.56. The Kier molecular flexibility index (Phi) is 5.61. The molecule has 2 atom stereocenters. The van der Waals surface area contributed by atoms with E-state index >= 15 is 0 Å². The summed E-state index contributed by atoms with van der Waals surface area (Å²) >= 11 is 5.77. The second-order valence-electron chi connectivity index (χ2n) is 5.82.